The number of methoxy groups -OCH3 is 1. The van der Waals surface area contributed by atoms with E-state index in [0.29, 0.717) is 19.3 Å². The Morgan fingerprint density at radius 1 is 1.12 bits per heavy atom. The van der Waals surface area contributed by atoms with E-state index >= 15 is 0 Å². The number of carbonyl (C=O) groups excluding carboxylic acids is 2. The minimum Gasteiger partial charge on any atom is -0.466 e. The smallest absolute Gasteiger partial charge is 0.330 e. The van der Waals surface area contributed by atoms with Gasteiger partial charge in [0.15, 0.2) is 0 Å². The molecule has 0 N–H and O–H groups in total. The summed E-state index contributed by atoms with van der Waals surface area (Å²) in [5, 5.41) is 0. The highest BCUT2D eigenvalue weighted by molar-refractivity contribution is 5.83. The zero-order chi connectivity index (χ0) is 12.4. The summed E-state index contributed by atoms with van der Waals surface area (Å²) in [5.74, 6) is -0.0676. The molecule has 0 spiro atoms. The molecule has 0 aliphatic rings. The largest absolute Gasteiger partial charge is 0.466 e. The van der Waals surface area contributed by atoms with Crippen LogP contribution in [0.15, 0.2) is 11.6 Å². The van der Waals surface area contributed by atoms with Gasteiger partial charge in [0.1, 0.15) is 5.78 Å². The number of carbonyl (C=O) groups is 2. The third-order valence-electron chi connectivity index (χ3n) is 2.42. The van der Waals surface area contributed by atoms with Crippen molar-refractivity contribution in [1.82, 2.24) is 0 Å². The molecule has 0 heterocycles. The van der Waals surface area contributed by atoms with E-state index in [2.05, 4.69) is 11.7 Å². The monoisotopic (exact) mass is 226 g/mol. The molecule has 0 saturated heterocycles. The summed E-state index contributed by atoms with van der Waals surface area (Å²) < 4.78 is 4.51. The number of hydrogen-bond acceptors (Lipinski definition) is 3. The molecule has 0 aromatic rings. The number of rotatable bonds is 8. The molecule has 0 aliphatic heterocycles. The van der Waals surface area contributed by atoms with Gasteiger partial charge in [0.05, 0.1) is 7.11 Å². The Bertz CT molecular complexity index is 254. The number of unbranched alkanes of at least 4 members (excludes halogenated alkanes) is 2. The van der Waals surface area contributed by atoms with Crippen LogP contribution in [0.2, 0.25) is 0 Å². The van der Waals surface area contributed by atoms with Crippen LogP contribution in [0.25, 0.3) is 0 Å². The molecule has 0 unspecified atom stereocenters. The van der Waals surface area contributed by atoms with Gasteiger partial charge in [-0.15, -0.1) is 0 Å². The van der Waals surface area contributed by atoms with Crippen molar-refractivity contribution in [2.24, 2.45) is 0 Å². The van der Waals surface area contributed by atoms with Crippen LogP contribution in [0.3, 0.4) is 0 Å². The fraction of sp³-hybridized carbons (Fsp3) is 0.692. The molecule has 3 nitrogen and oxygen atoms in total. The summed E-state index contributed by atoms with van der Waals surface area (Å²) >= 11 is 0. The summed E-state index contributed by atoms with van der Waals surface area (Å²) in [6, 6.07) is 0. The van der Waals surface area contributed by atoms with Gasteiger partial charge in [0.2, 0.25) is 0 Å². The maximum Gasteiger partial charge on any atom is 0.330 e. The molecule has 92 valence electrons. The average molecular weight is 226 g/mol. The van der Waals surface area contributed by atoms with E-state index in [0.717, 1.165) is 24.8 Å². The second kappa shape index (κ2) is 9.13. The minimum atomic E-state index is -0.351. The predicted octanol–water partition coefficient (Wildman–Crippen LogP) is 3.04. The second-order valence-corrected chi connectivity index (χ2v) is 4.01. The van der Waals surface area contributed by atoms with Gasteiger partial charge in [-0.1, -0.05) is 25.3 Å². The van der Waals surface area contributed by atoms with E-state index in [9.17, 15) is 9.59 Å². The van der Waals surface area contributed by atoms with Crippen molar-refractivity contribution < 1.29 is 14.3 Å². The van der Waals surface area contributed by atoms with Crippen molar-refractivity contribution in [3.05, 3.63) is 11.6 Å². The molecule has 0 aromatic heterocycles. The highest BCUT2D eigenvalue weighted by Crippen LogP contribution is 2.08. The van der Waals surface area contributed by atoms with Crippen LogP contribution < -0.4 is 0 Å². The Labute approximate surface area is 97.9 Å². The lowest BCUT2D eigenvalue weighted by Gasteiger charge is -2.01. The van der Waals surface area contributed by atoms with Gasteiger partial charge in [-0.2, -0.15) is 0 Å². The molecule has 0 rings (SSSR count). The summed E-state index contributed by atoms with van der Waals surface area (Å²) in [6.45, 7) is 3.96. The zero-order valence-electron chi connectivity index (χ0n) is 10.5. The first kappa shape index (κ1) is 14.9. The quantitative estimate of drug-likeness (QED) is 0.363. The highest BCUT2D eigenvalue weighted by Gasteiger charge is 2.03. The molecule has 0 saturated carbocycles. The SMILES string of the molecule is CCCCCC(=O)CC/C(C)=C/C(=O)OC. The van der Waals surface area contributed by atoms with Crippen molar-refractivity contribution in [2.45, 2.75) is 52.4 Å². The lowest BCUT2D eigenvalue weighted by Crippen LogP contribution is -2.00. The third kappa shape index (κ3) is 8.21. The van der Waals surface area contributed by atoms with Crippen molar-refractivity contribution in [3.63, 3.8) is 0 Å². The summed E-state index contributed by atoms with van der Waals surface area (Å²) in [7, 11) is 1.35. The maximum atomic E-state index is 11.4. The van der Waals surface area contributed by atoms with Gasteiger partial charge >= 0.3 is 5.97 Å². The standard InChI is InChI=1S/C13H22O3/c1-4-5-6-7-12(14)9-8-11(2)10-13(15)16-3/h10H,4-9H2,1-3H3/b11-10+. The molecular formula is C13H22O3. The van der Waals surface area contributed by atoms with Crippen LogP contribution in [0.4, 0.5) is 0 Å². The van der Waals surface area contributed by atoms with Crippen LogP contribution >= 0.6 is 0 Å². The van der Waals surface area contributed by atoms with Crippen molar-refractivity contribution in [1.29, 1.82) is 0 Å². The molecule has 0 aliphatic carbocycles. The molecule has 0 amide bonds. The van der Waals surface area contributed by atoms with E-state index in [1.165, 1.54) is 13.2 Å². The van der Waals surface area contributed by atoms with Crippen LogP contribution in [-0.4, -0.2) is 18.9 Å². The fourth-order valence-electron chi connectivity index (χ4n) is 1.37. The topological polar surface area (TPSA) is 43.4 Å². The number of allylic oxidation sites excluding steroid dienone is 1. The Kier molecular flexibility index (Phi) is 8.49. The number of hydrogen-bond donors (Lipinski definition) is 0. The summed E-state index contributed by atoms with van der Waals surface area (Å²) in [6.07, 6.45) is 6.52. The molecule has 16 heavy (non-hydrogen) atoms. The Balaban J connectivity index is 3.74. The summed E-state index contributed by atoms with van der Waals surface area (Å²) in [5.41, 5.74) is 0.899. The molecule has 0 atom stereocenters. The average Bonchev–Trinajstić information content (AvgIpc) is 2.26. The molecule has 0 fully saturated rings. The maximum absolute atomic E-state index is 11.4. The van der Waals surface area contributed by atoms with Crippen molar-refractivity contribution in [3.8, 4) is 0 Å². The number of esters is 1. The van der Waals surface area contributed by atoms with E-state index in [1.54, 1.807) is 0 Å². The number of ketones is 1. The fourth-order valence-corrected chi connectivity index (χ4v) is 1.37. The van der Waals surface area contributed by atoms with Crippen molar-refractivity contribution in [2.75, 3.05) is 7.11 Å². The lowest BCUT2D eigenvalue weighted by molar-refractivity contribution is -0.135. The first-order valence-corrected chi connectivity index (χ1v) is 5.87. The molecule has 3 heteroatoms. The third-order valence-corrected chi connectivity index (χ3v) is 2.42. The van der Waals surface area contributed by atoms with E-state index in [4.69, 9.17) is 0 Å². The first-order chi connectivity index (χ1) is 7.60. The van der Waals surface area contributed by atoms with Crippen LogP contribution in [0.5, 0.6) is 0 Å². The lowest BCUT2D eigenvalue weighted by atomic mass is 10.0. The summed E-state index contributed by atoms with van der Waals surface area (Å²) in [4.78, 5) is 22.3. The van der Waals surface area contributed by atoms with Gasteiger partial charge < -0.3 is 4.74 Å². The van der Waals surface area contributed by atoms with E-state index < -0.39 is 0 Å². The Morgan fingerprint density at radius 3 is 2.38 bits per heavy atom. The molecular weight excluding hydrogens is 204 g/mol. The number of ether oxygens (including phenoxy) is 1. The Hall–Kier alpha value is -1.12. The van der Waals surface area contributed by atoms with Gasteiger partial charge in [0.25, 0.3) is 0 Å². The van der Waals surface area contributed by atoms with E-state index in [-0.39, 0.29) is 11.8 Å². The Morgan fingerprint density at radius 2 is 1.81 bits per heavy atom. The molecule has 0 aromatic carbocycles. The highest BCUT2D eigenvalue weighted by atomic mass is 16.5. The zero-order valence-corrected chi connectivity index (χ0v) is 10.5. The molecule has 0 bridgehead atoms. The van der Waals surface area contributed by atoms with Gasteiger partial charge in [-0.3, -0.25) is 4.79 Å². The van der Waals surface area contributed by atoms with Gasteiger partial charge in [0, 0.05) is 18.9 Å². The minimum absolute atomic E-state index is 0.283. The normalized spacial score (nSPS) is 11.3. The molecule has 0 radical (unpaired) electrons. The second-order valence-electron chi connectivity index (χ2n) is 4.01. The van der Waals surface area contributed by atoms with Crippen LogP contribution in [0, 0.1) is 0 Å². The van der Waals surface area contributed by atoms with E-state index in [1.807, 2.05) is 6.92 Å². The van der Waals surface area contributed by atoms with Gasteiger partial charge in [-0.05, 0) is 19.8 Å². The predicted molar refractivity (Wildman–Crippen MR) is 64.2 cm³/mol. The van der Waals surface area contributed by atoms with Crippen molar-refractivity contribution >= 4 is 11.8 Å². The van der Waals surface area contributed by atoms with Gasteiger partial charge in [-0.25, -0.2) is 4.79 Å². The number of Topliss-reactive ketones (excluding diaryl/α,β-unsaturated/α-hetero) is 1. The van der Waals surface area contributed by atoms with Crippen LogP contribution in [-0.2, 0) is 14.3 Å². The first-order valence-electron chi connectivity index (χ1n) is 5.87. The van der Waals surface area contributed by atoms with Crippen LogP contribution in [0.1, 0.15) is 52.4 Å².